The van der Waals surface area contributed by atoms with Gasteiger partial charge in [-0.2, -0.15) is 0 Å². The van der Waals surface area contributed by atoms with Crippen LogP contribution < -0.4 is 30.6 Å². The molecule has 0 aliphatic heterocycles. The first-order chi connectivity index (χ1) is 20.2. The van der Waals surface area contributed by atoms with Gasteiger partial charge in [-0.3, -0.25) is 4.79 Å². The molecule has 1 amide bonds. The Bertz CT molecular complexity index is 1730. The van der Waals surface area contributed by atoms with Crippen molar-refractivity contribution in [3.63, 3.8) is 0 Å². The molecule has 5 rings (SSSR count). The highest BCUT2D eigenvalue weighted by molar-refractivity contribution is 7.23. The molecule has 0 atom stereocenters. The first-order valence-corrected chi connectivity index (χ1v) is 14.4. The lowest BCUT2D eigenvalue weighted by Crippen LogP contribution is -2.12. The third-order valence-electron chi connectivity index (χ3n) is 6.44. The molecule has 5 aromatic rings. The number of nitrogens with one attached hydrogen (secondary N) is 2. The van der Waals surface area contributed by atoms with Crippen LogP contribution in [0.3, 0.4) is 0 Å². The molecule has 0 bridgehead atoms. The first kappa shape index (κ1) is 28.7. The topological polar surface area (TPSA) is 141 Å². The largest absolute Gasteiger partial charge is 0.507 e. The predicted octanol–water partition coefficient (Wildman–Crippen LogP) is 6.86. The van der Waals surface area contributed by atoms with E-state index in [9.17, 15) is 9.90 Å². The number of anilines is 4. The first-order valence-electron chi connectivity index (χ1n) is 12.7. The number of methoxy groups -OCH3 is 3. The summed E-state index contributed by atoms with van der Waals surface area (Å²) in [5, 5.41) is 19.5. The number of rotatable bonds is 9. The minimum absolute atomic E-state index is 0.193. The van der Waals surface area contributed by atoms with E-state index in [0.29, 0.717) is 56.3 Å². The third-order valence-corrected chi connectivity index (χ3v) is 8.42. The highest BCUT2D eigenvalue weighted by Crippen LogP contribution is 2.43. The standard InChI is InChI=1S/C30H29N5O5S2/c1-15-9-18(10-16(2)24(15)36)28(37)32-19-8-6-7-17(11-19)21-14-41-29(34-21)26-27(31)35-30(42-26)33-20-12-22(38-3)25(40-5)23(13-20)39-4/h6-14,36H,31H2,1-5H3,(H,32,37)(H,33,35). The van der Waals surface area contributed by atoms with E-state index in [0.717, 1.165) is 21.1 Å². The van der Waals surface area contributed by atoms with E-state index in [1.54, 1.807) is 59.4 Å². The van der Waals surface area contributed by atoms with Crippen LogP contribution in [0.5, 0.6) is 23.0 Å². The van der Waals surface area contributed by atoms with E-state index in [2.05, 4.69) is 15.6 Å². The number of carbonyl (C=O) groups excluding carboxylic acids is 1. The van der Waals surface area contributed by atoms with Crippen molar-refractivity contribution in [2.45, 2.75) is 13.8 Å². The number of nitrogens with two attached hydrogens (primary N) is 1. The minimum Gasteiger partial charge on any atom is -0.507 e. The van der Waals surface area contributed by atoms with E-state index in [-0.39, 0.29) is 11.7 Å². The van der Waals surface area contributed by atoms with Gasteiger partial charge in [-0.15, -0.1) is 11.3 Å². The van der Waals surface area contributed by atoms with Gasteiger partial charge in [-0.05, 0) is 49.2 Å². The lowest BCUT2D eigenvalue weighted by molar-refractivity contribution is 0.102. The van der Waals surface area contributed by atoms with Crippen LogP contribution in [0, 0.1) is 13.8 Å². The molecule has 5 N–H and O–H groups in total. The van der Waals surface area contributed by atoms with Crippen molar-refractivity contribution in [3.8, 4) is 44.1 Å². The molecular weight excluding hydrogens is 574 g/mol. The number of aromatic nitrogens is 2. The Morgan fingerprint density at radius 2 is 1.62 bits per heavy atom. The summed E-state index contributed by atoms with van der Waals surface area (Å²) >= 11 is 2.83. The molecule has 10 nitrogen and oxygen atoms in total. The second kappa shape index (κ2) is 12.0. The second-order valence-electron chi connectivity index (χ2n) is 9.30. The summed E-state index contributed by atoms with van der Waals surface area (Å²) in [6.45, 7) is 3.53. The Kier molecular flexibility index (Phi) is 8.18. The van der Waals surface area contributed by atoms with E-state index in [1.807, 2.05) is 29.6 Å². The van der Waals surface area contributed by atoms with Gasteiger partial charge < -0.3 is 35.7 Å². The summed E-state index contributed by atoms with van der Waals surface area (Å²) in [5.41, 5.74) is 11.0. The molecule has 0 radical (unpaired) electrons. The summed E-state index contributed by atoms with van der Waals surface area (Å²) in [4.78, 5) is 22.9. The van der Waals surface area contributed by atoms with Crippen LogP contribution in [0.15, 0.2) is 53.9 Å². The average Bonchev–Trinajstić information content (AvgIpc) is 3.61. The Balaban J connectivity index is 1.35. The second-order valence-corrected chi connectivity index (χ2v) is 11.2. The number of nitrogens with zero attached hydrogens (tertiary/aromatic N) is 2. The van der Waals surface area contributed by atoms with E-state index >= 15 is 0 Å². The molecule has 0 fully saturated rings. The highest BCUT2D eigenvalue weighted by atomic mass is 32.1. The van der Waals surface area contributed by atoms with Crippen LogP contribution in [0.2, 0.25) is 0 Å². The van der Waals surface area contributed by atoms with Gasteiger partial charge in [-0.25, -0.2) is 9.97 Å². The zero-order valence-electron chi connectivity index (χ0n) is 23.6. The maximum Gasteiger partial charge on any atom is 0.255 e. The third kappa shape index (κ3) is 5.80. The number of thiazole rings is 2. The zero-order valence-corrected chi connectivity index (χ0v) is 25.2. The van der Waals surface area contributed by atoms with Gasteiger partial charge in [0.05, 0.1) is 27.0 Å². The Labute approximate surface area is 250 Å². The number of hydrogen-bond donors (Lipinski definition) is 4. The summed E-state index contributed by atoms with van der Waals surface area (Å²) in [6.07, 6.45) is 0. The van der Waals surface area contributed by atoms with Crippen LogP contribution in [-0.2, 0) is 0 Å². The Morgan fingerprint density at radius 3 is 2.26 bits per heavy atom. The lowest BCUT2D eigenvalue weighted by Gasteiger charge is -2.14. The summed E-state index contributed by atoms with van der Waals surface area (Å²) in [7, 11) is 4.67. The fourth-order valence-corrected chi connectivity index (χ4v) is 6.21. The van der Waals surface area contributed by atoms with Gasteiger partial charge in [0, 0.05) is 40.0 Å². The van der Waals surface area contributed by atoms with Crippen molar-refractivity contribution in [3.05, 3.63) is 70.6 Å². The van der Waals surface area contributed by atoms with Crippen LogP contribution in [0.4, 0.5) is 22.3 Å². The van der Waals surface area contributed by atoms with Crippen molar-refractivity contribution in [2.24, 2.45) is 0 Å². The van der Waals surface area contributed by atoms with Crippen LogP contribution in [0.25, 0.3) is 21.1 Å². The Morgan fingerprint density at radius 1 is 0.929 bits per heavy atom. The number of carbonyl (C=O) groups is 1. The molecule has 2 heterocycles. The number of aryl methyl sites for hydroxylation is 2. The number of ether oxygens (including phenoxy) is 3. The molecule has 3 aromatic carbocycles. The van der Waals surface area contributed by atoms with Gasteiger partial charge >= 0.3 is 0 Å². The molecule has 0 aliphatic rings. The Hall–Kier alpha value is -4.81. The van der Waals surface area contributed by atoms with Crippen LogP contribution >= 0.6 is 22.7 Å². The van der Waals surface area contributed by atoms with E-state index < -0.39 is 0 Å². The normalized spacial score (nSPS) is 10.8. The average molecular weight is 604 g/mol. The zero-order chi connectivity index (χ0) is 30.0. The van der Waals surface area contributed by atoms with Crippen molar-refractivity contribution in [2.75, 3.05) is 37.7 Å². The van der Waals surface area contributed by atoms with Gasteiger partial charge in [0.2, 0.25) is 5.75 Å². The molecule has 0 unspecified atom stereocenters. The SMILES string of the molecule is COc1cc(Nc2nc(N)c(-c3nc(-c4cccc(NC(=O)c5cc(C)c(O)c(C)c5)c4)cs3)s2)cc(OC)c1OC. The molecule has 12 heteroatoms. The molecule has 2 aromatic heterocycles. The number of hydrogen-bond acceptors (Lipinski definition) is 11. The smallest absolute Gasteiger partial charge is 0.255 e. The summed E-state index contributed by atoms with van der Waals surface area (Å²) < 4.78 is 16.3. The maximum absolute atomic E-state index is 12.9. The lowest BCUT2D eigenvalue weighted by atomic mass is 10.0. The van der Waals surface area contributed by atoms with Crippen LogP contribution in [0.1, 0.15) is 21.5 Å². The van der Waals surface area contributed by atoms with Crippen molar-refractivity contribution in [1.82, 2.24) is 9.97 Å². The van der Waals surface area contributed by atoms with Gasteiger partial charge in [0.1, 0.15) is 21.5 Å². The fraction of sp³-hybridized carbons (Fsp3) is 0.167. The number of nitrogen functional groups attached to an aromatic ring is 1. The highest BCUT2D eigenvalue weighted by Gasteiger charge is 2.18. The van der Waals surface area contributed by atoms with Gasteiger partial charge in [0.15, 0.2) is 16.6 Å². The monoisotopic (exact) mass is 603 g/mol. The number of amides is 1. The summed E-state index contributed by atoms with van der Waals surface area (Å²) in [5.74, 6) is 1.81. The van der Waals surface area contributed by atoms with Crippen molar-refractivity contribution < 1.29 is 24.1 Å². The van der Waals surface area contributed by atoms with E-state index in [1.165, 1.54) is 22.7 Å². The molecule has 0 spiro atoms. The molecular formula is C30H29N5O5S2. The predicted molar refractivity (Wildman–Crippen MR) is 168 cm³/mol. The quantitative estimate of drug-likeness (QED) is 0.142. The molecule has 216 valence electrons. The number of aromatic hydroxyl groups is 1. The summed E-state index contributed by atoms with van der Waals surface area (Å²) in [6, 6.07) is 14.4. The molecule has 0 saturated carbocycles. The van der Waals surface area contributed by atoms with Gasteiger partial charge in [-0.1, -0.05) is 23.5 Å². The number of phenols is 1. The van der Waals surface area contributed by atoms with Crippen LogP contribution in [-0.4, -0.2) is 42.3 Å². The van der Waals surface area contributed by atoms with E-state index in [4.69, 9.17) is 24.9 Å². The van der Waals surface area contributed by atoms with Crippen molar-refractivity contribution in [1.29, 1.82) is 0 Å². The molecule has 0 aliphatic carbocycles. The number of phenolic OH excluding ortho intramolecular Hbond substituents is 1. The van der Waals surface area contributed by atoms with Crippen molar-refractivity contribution >= 4 is 50.9 Å². The fourth-order valence-electron chi connectivity index (χ4n) is 4.37. The maximum atomic E-state index is 12.9. The number of benzene rings is 3. The molecule has 42 heavy (non-hydrogen) atoms. The van der Waals surface area contributed by atoms with Gasteiger partial charge in [0.25, 0.3) is 5.91 Å². The minimum atomic E-state index is -0.262. The molecule has 0 saturated heterocycles.